The van der Waals surface area contributed by atoms with Crippen LogP contribution < -0.4 is 0 Å². The third kappa shape index (κ3) is 10.3. The third-order valence-electron chi connectivity index (χ3n) is 1.04. The second-order valence-electron chi connectivity index (χ2n) is 2.23. The predicted molar refractivity (Wildman–Crippen MR) is 48.4 cm³/mol. The van der Waals surface area contributed by atoms with Crippen molar-refractivity contribution in [2.24, 2.45) is 0 Å². The molecule has 0 saturated carbocycles. The lowest BCUT2D eigenvalue weighted by Crippen LogP contribution is -2.04. The number of hydrogen-bond donors (Lipinski definition) is 0. The first-order chi connectivity index (χ1) is 5.06. The minimum absolute atomic E-state index is 0.319. The normalized spacial score (nSPS) is 11.8. The molecule has 0 rings (SSSR count). The van der Waals surface area contributed by atoms with Crippen molar-refractivity contribution in [3.63, 3.8) is 0 Å². The van der Waals surface area contributed by atoms with Crippen molar-refractivity contribution in [3.05, 3.63) is 0 Å². The molecule has 0 N–H and O–H groups in total. The Hall–Kier alpha value is 0.260. The number of thioether (sulfide) groups is 1. The summed E-state index contributed by atoms with van der Waals surface area (Å²) in [5.41, 5.74) is 0. The molecule has 0 aromatic heterocycles. The molecule has 11 heavy (non-hydrogen) atoms. The number of unbranched alkanes of at least 4 members (excludes halogenated alkanes) is 1. The largest absolute Gasteiger partial charge is 0.270 e. The van der Waals surface area contributed by atoms with Gasteiger partial charge in [0.1, 0.15) is 0 Å². The van der Waals surface area contributed by atoms with Crippen molar-refractivity contribution in [1.29, 1.82) is 0 Å². The van der Waals surface area contributed by atoms with Crippen LogP contribution in [0.25, 0.3) is 0 Å². The van der Waals surface area contributed by atoms with Crippen LogP contribution in [-0.4, -0.2) is 33.3 Å². The average molecular weight is 198 g/mol. The van der Waals surface area contributed by atoms with Crippen LogP contribution in [0.4, 0.5) is 0 Å². The highest BCUT2D eigenvalue weighted by atomic mass is 32.2. The summed E-state index contributed by atoms with van der Waals surface area (Å²) >= 11 is 1.75. The average Bonchev–Trinajstić information content (AvgIpc) is 1.85. The van der Waals surface area contributed by atoms with Crippen molar-refractivity contribution in [2.45, 2.75) is 12.8 Å². The topological polar surface area (TPSA) is 43.4 Å². The van der Waals surface area contributed by atoms with Crippen LogP contribution in [0, 0.1) is 0 Å². The Balaban J connectivity index is 3.16. The van der Waals surface area contributed by atoms with E-state index in [0.29, 0.717) is 6.61 Å². The minimum atomic E-state index is -3.22. The summed E-state index contributed by atoms with van der Waals surface area (Å²) in [5, 5.41) is 0. The molecule has 0 atom stereocenters. The van der Waals surface area contributed by atoms with Crippen molar-refractivity contribution in [2.75, 3.05) is 24.9 Å². The molecule has 0 aromatic carbocycles. The van der Waals surface area contributed by atoms with E-state index in [1.54, 1.807) is 11.8 Å². The lowest BCUT2D eigenvalue weighted by Gasteiger charge is -1.99. The van der Waals surface area contributed by atoms with E-state index in [1.807, 2.05) is 6.26 Å². The molecule has 0 unspecified atom stereocenters. The SMILES string of the molecule is CSCCCCOS(C)(=O)=O. The van der Waals surface area contributed by atoms with E-state index in [2.05, 4.69) is 4.18 Å². The van der Waals surface area contributed by atoms with Gasteiger partial charge in [0.2, 0.25) is 0 Å². The zero-order valence-electron chi connectivity index (χ0n) is 6.87. The summed E-state index contributed by atoms with van der Waals surface area (Å²) in [6.07, 6.45) is 4.92. The van der Waals surface area contributed by atoms with Gasteiger partial charge in [-0.05, 0) is 24.9 Å². The summed E-state index contributed by atoms with van der Waals surface area (Å²) in [7, 11) is -3.22. The summed E-state index contributed by atoms with van der Waals surface area (Å²) in [6.45, 7) is 0.319. The minimum Gasteiger partial charge on any atom is -0.270 e. The van der Waals surface area contributed by atoms with Crippen molar-refractivity contribution < 1.29 is 12.6 Å². The van der Waals surface area contributed by atoms with E-state index in [4.69, 9.17) is 0 Å². The lowest BCUT2D eigenvalue weighted by molar-refractivity contribution is 0.315. The third-order valence-corrected chi connectivity index (χ3v) is 2.33. The standard InChI is InChI=1S/C6H14O3S2/c1-10-6-4-3-5-9-11(2,7)8/h3-6H2,1-2H3. The molecule has 0 heterocycles. The Labute approximate surface area is 72.6 Å². The molecule has 0 saturated heterocycles. The Morgan fingerprint density at radius 2 is 2.00 bits per heavy atom. The highest BCUT2D eigenvalue weighted by Gasteiger charge is 1.99. The van der Waals surface area contributed by atoms with Crippen LogP contribution in [0.2, 0.25) is 0 Å². The summed E-state index contributed by atoms with van der Waals surface area (Å²) in [4.78, 5) is 0. The molecule has 0 bridgehead atoms. The molecular weight excluding hydrogens is 184 g/mol. The molecule has 0 aliphatic rings. The molecule has 0 aliphatic heterocycles. The molecule has 68 valence electrons. The smallest absolute Gasteiger partial charge is 0.264 e. The summed E-state index contributed by atoms with van der Waals surface area (Å²) in [5.74, 6) is 1.06. The van der Waals surface area contributed by atoms with Crippen molar-refractivity contribution >= 4 is 21.9 Å². The lowest BCUT2D eigenvalue weighted by atomic mass is 10.4. The van der Waals surface area contributed by atoms with Crippen LogP contribution >= 0.6 is 11.8 Å². The van der Waals surface area contributed by atoms with E-state index in [1.165, 1.54) is 0 Å². The predicted octanol–water partition coefficient (Wildman–Crippen LogP) is 1.11. The van der Waals surface area contributed by atoms with Gasteiger partial charge in [-0.2, -0.15) is 20.2 Å². The maximum Gasteiger partial charge on any atom is 0.264 e. The highest BCUT2D eigenvalue weighted by molar-refractivity contribution is 7.98. The van der Waals surface area contributed by atoms with Crippen LogP contribution in [0.15, 0.2) is 0 Å². The van der Waals surface area contributed by atoms with Crippen LogP contribution in [0.3, 0.4) is 0 Å². The van der Waals surface area contributed by atoms with Gasteiger partial charge >= 0.3 is 0 Å². The van der Waals surface area contributed by atoms with Crippen LogP contribution in [0.1, 0.15) is 12.8 Å². The molecule has 0 amide bonds. The second kappa shape index (κ2) is 5.85. The van der Waals surface area contributed by atoms with Gasteiger partial charge in [-0.1, -0.05) is 0 Å². The maximum atomic E-state index is 10.4. The van der Waals surface area contributed by atoms with Gasteiger partial charge in [-0.25, -0.2) is 0 Å². The van der Waals surface area contributed by atoms with Gasteiger partial charge in [0.05, 0.1) is 12.9 Å². The van der Waals surface area contributed by atoms with Gasteiger partial charge in [-0.3, -0.25) is 4.18 Å². The summed E-state index contributed by atoms with van der Waals surface area (Å²) in [6, 6.07) is 0. The zero-order chi connectivity index (χ0) is 8.74. The number of rotatable bonds is 6. The monoisotopic (exact) mass is 198 g/mol. The van der Waals surface area contributed by atoms with E-state index < -0.39 is 10.1 Å². The van der Waals surface area contributed by atoms with Crippen molar-refractivity contribution in [1.82, 2.24) is 0 Å². The fourth-order valence-electron chi connectivity index (χ4n) is 0.559. The van der Waals surface area contributed by atoms with Crippen LogP contribution in [0.5, 0.6) is 0 Å². The van der Waals surface area contributed by atoms with Crippen molar-refractivity contribution in [3.8, 4) is 0 Å². The Bertz CT molecular complexity index is 174. The Morgan fingerprint density at radius 3 is 2.45 bits per heavy atom. The fraction of sp³-hybridized carbons (Fsp3) is 1.00. The first kappa shape index (κ1) is 11.3. The molecular formula is C6H14O3S2. The molecule has 0 aromatic rings. The van der Waals surface area contributed by atoms with Gasteiger partial charge < -0.3 is 0 Å². The first-order valence-electron chi connectivity index (χ1n) is 3.39. The molecule has 0 aliphatic carbocycles. The van der Waals surface area contributed by atoms with Gasteiger partial charge in [0, 0.05) is 0 Å². The number of hydrogen-bond acceptors (Lipinski definition) is 4. The molecule has 0 spiro atoms. The van der Waals surface area contributed by atoms with Gasteiger partial charge in [0.25, 0.3) is 10.1 Å². The molecule has 0 radical (unpaired) electrons. The molecule has 0 fully saturated rings. The van der Waals surface area contributed by atoms with Crippen LogP contribution in [-0.2, 0) is 14.3 Å². The van der Waals surface area contributed by atoms with E-state index in [-0.39, 0.29) is 0 Å². The highest BCUT2D eigenvalue weighted by Crippen LogP contribution is 2.00. The Kier molecular flexibility index (Phi) is 5.99. The zero-order valence-corrected chi connectivity index (χ0v) is 8.50. The summed E-state index contributed by atoms with van der Waals surface area (Å²) < 4.78 is 25.4. The van der Waals surface area contributed by atoms with E-state index >= 15 is 0 Å². The first-order valence-corrected chi connectivity index (χ1v) is 6.60. The van der Waals surface area contributed by atoms with E-state index in [9.17, 15) is 8.42 Å². The molecule has 5 heteroatoms. The van der Waals surface area contributed by atoms with Gasteiger partial charge in [0.15, 0.2) is 0 Å². The maximum absolute atomic E-state index is 10.4. The molecule has 3 nitrogen and oxygen atoms in total. The van der Waals surface area contributed by atoms with Gasteiger partial charge in [-0.15, -0.1) is 0 Å². The second-order valence-corrected chi connectivity index (χ2v) is 4.86. The fourth-order valence-corrected chi connectivity index (χ4v) is 1.47. The Morgan fingerprint density at radius 1 is 1.36 bits per heavy atom. The quantitative estimate of drug-likeness (QED) is 0.473. The van der Waals surface area contributed by atoms with E-state index in [0.717, 1.165) is 24.9 Å².